The summed E-state index contributed by atoms with van der Waals surface area (Å²) in [7, 11) is 0. The smallest absolute Gasteiger partial charge is 0.238 e. The van der Waals surface area contributed by atoms with Crippen molar-refractivity contribution in [2.24, 2.45) is 11.8 Å². The van der Waals surface area contributed by atoms with Gasteiger partial charge >= 0.3 is 0 Å². The minimum absolute atomic E-state index is 0.0740. The van der Waals surface area contributed by atoms with Gasteiger partial charge < -0.3 is 34.4 Å². The van der Waals surface area contributed by atoms with Gasteiger partial charge in [0.25, 0.3) is 0 Å². The maximum atomic E-state index is 15.3. The van der Waals surface area contributed by atoms with Crippen LogP contribution in [0, 0.1) is 17.7 Å². The first-order valence-corrected chi connectivity index (χ1v) is 27.5. The monoisotopic (exact) mass is 1020 g/mol. The molecule has 12 rings (SSSR count). The van der Waals surface area contributed by atoms with Crippen molar-refractivity contribution in [3.63, 3.8) is 0 Å². The molecular formula is C57H67FN12O5. The molecule has 7 aliphatic rings. The molecule has 2 N–H and O–H groups in total. The van der Waals surface area contributed by atoms with Crippen molar-refractivity contribution in [1.82, 2.24) is 44.5 Å². The number of hydrogen-bond donors (Lipinski definition) is 2. The van der Waals surface area contributed by atoms with Crippen molar-refractivity contribution in [2.75, 3.05) is 67.5 Å². The quantitative estimate of drug-likeness (QED) is 0.134. The summed E-state index contributed by atoms with van der Waals surface area (Å²) >= 11 is 0. The van der Waals surface area contributed by atoms with Crippen LogP contribution in [-0.4, -0.2) is 133 Å². The average Bonchev–Trinajstić information content (AvgIpc) is 3.96. The number of nitrogens with one attached hydrogen (secondary N) is 2. The standard InChI is InChI=1S/C57H67FN12O5/c1-35(2)69-34-61-47-31-46(63-52(51(47)69)62-45-12-19-59-33-44(45)58)38-6-9-43-48(28-38)70(41-29-40(30-41)65-20-4-3-5-21-65)56(75)57(43)17-26-68(27-18-57)55(74)37-15-24-67(25-16-37)54(73)36-13-22-66(23-14-36)49-10-7-39(32-60-49)42-8-11-50(71)64-53(42)72/h6-7,9-10,12,19,28,31-37,40-42H,3-5,8,11,13-18,20-27,29-30H2,1-2H3,(H,59,62,63)(H,64,71,72). The topological polar surface area (TPSA) is 182 Å². The number of nitrogens with zero attached hydrogens (tertiary/aromatic N) is 10. The number of halogens is 1. The van der Waals surface area contributed by atoms with Crippen molar-refractivity contribution in [1.29, 1.82) is 0 Å². The Labute approximate surface area is 436 Å². The molecule has 1 atom stereocenters. The van der Waals surface area contributed by atoms with Gasteiger partial charge in [0.1, 0.15) is 11.3 Å². The van der Waals surface area contributed by atoms with Crippen LogP contribution in [0.15, 0.2) is 67.4 Å². The molecule has 10 heterocycles. The van der Waals surface area contributed by atoms with Gasteiger partial charge in [-0.3, -0.25) is 34.3 Å². The van der Waals surface area contributed by atoms with Crippen molar-refractivity contribution in [3.8, 4) is 11.3 Å². The van der Waals surface area contributed by atoms with E-state index in [1.54, 1.807) is 24.8 Å². The largest absolute Gasteiger partial charge is 0.357 e. The summed E-state index contributed by atoms with van der Waals surface area (Å²) in [6.07, 6.45) is 16.4. The van der Waals surface area contributed by atoms with Crippen LogP contribution in [0.3, 0.4) is 0 Å². The summed E-state index contributed by atoms with van der Waals surface area (Å²) in [5.74, 6) is 0.0871. The molecule has 75 heavy (non-hydrogen) atoms. The molecule has 5 aromatic rings. The minimum atomic E-state index is -0.749. The number of imide groups is 1. The molecule has 5 amide bonds. The molecule has 1 spiro atoms. The molecule has 5 saturated heterocycles. The summed E-state index contributed by atoms with van der Waals surface area (Å²) in [4.78, 5) is 96.8. The van der Waals surface area contributed by atoms with Crippen LogP contribution >= 0.6 is 0 Å². The number of likely N-dealkylation sites (tertiary alicyclic amines) is 3. The zero-order chi connectivity index (χ0) is 51.5. The molecule has 0 radical (unpaired) electrons. The Morgan fingerprint density at radius 1 is 0.787 bits per heavy atom. The van der Waals surface area contributed by atoms with Crippen LogP contribution in [0.1, 0.15) is 120 Å². The van der Waals surface area contributed by atoms with Crippen LogP contribution in [0.25, 0.3) is 22.3 Å². The van der Waals surface area contributed by atoms with Crippen LogP contribution in [0.2, 0.25) is 0 Å². The van der Waals surface area contributed by atoms with Crippen molar-refractivity contribution < 1.29 is 28.4 Å². The second-order valence-corrected chi connectivity index (χ2v) is 22.5. The zero-order valence-corrected chi connectivity index (χ0v) is 43.1. The molecule has 17 nitrogen and oxygen atoms in total. The number of aromatic nitrogens is 5. The van der Waals surface area contributed by atoms with E-state index in [-0.39, 0.29) is 65.1 Å². The number of piperidine rings is 5. The second kappa shape index (κ2) is 20.0. The Bertz CT molecular complexity index is 3020. The highest BCUT2D eigenvalue weighted by Crippen LogP contribution is 2.52. The van der Waals surface area contributed by atoms with Gasteiger partial charge in [-0.05, 0) is 133 Å². The molecule has 4 aromatic heterocycles. The molecule has 392 valence electrons. The van der Waals surface area contributed by atoms with E-state index >= 15 is 9.18 Å². The lowest BCUT2D eigenvalue weighted by Gasteiger charge is -2.48. The second-order valence-electron chi connectivity index (χ2n) is 22.5. The molecule has 1 aliphatic carbocycles. The Balaban J connectivity index is 0.712. The van der Waals surface area contributed by atoms with Gasteiger partial charge in [-0.2, -0.15) is 0 Å². The zero-order valence-electron chi connectivity index (χ0n) is 43.1. The number of fused-ring (bicyclic) bond motifs is 3. The summed E-state index contributed by atoms with van der Waals surface area (Å²) in [5.41, 5.74) is 5.23. The van der Waals surface area contributed by atoms with Gasteiger partial charge in [-0.15, -0.1) is 0 Å². The molecule has 1 unspecified atom stereocenters. The lowest BCUT2D eigenvalue weighted by molar-refractivity contribution is -0.144. The number of benzene rings is 1. The number of rotatable bonds is 10. The van der Waals surface area contributed by atoms with Crippen molar-refractivity contribution in [2.45, 2.75) is 127 Å². The first-order valence-electron chi connectivity index (χ1n) is 27.5. The Morgan fingerprint density at radius 2 is 1.51 bits per heavy atom. The Kier molecular flexibility index (Phi) is 13.1. The average molecular weight is 1020 g/mol. The summed E-state index contributed by atoms with van der Waals surface area (Å²) in [5, 5.41) is 5.67. The molecule has 1 aromatic carbocycles. The fourth-order valence-electron chi connectivity index (χ4n) is 13.4. The highest BCUT2D eigenvalue weighted by molar-refractivity contribution is 6.09. The number of pyridine rings is 3. The van der Waals surface area contributed by atoms with Gasteiger partial charge in [0.05, 0.1) is 40.8 Å². The van der Waals surface area contributed by atoms with Gasteiger partial charge in [-0.1, -0.05) is 24.6 Å². The highest BCUT2D eigenvalue weighted by Gasteiger charge is 2.56. The van der Waals surface area contributed by atoms with E-state index in [2.05, 4.69) is 67.3 Å². The molecule has 18 heteroatoms. The molecule has 1 saturated carbocycles. The lowest BCUT2D eigenvalue weighted by atomic mass is 9.73. The van der Waals surface area contributed by atoms with Gasteiger partial charge in [-0.25, -0.2) is 19.3 Å². The van der Waals surface area contributed by atoms with E-state index in [0.29, 0.717) is 95.3 Å². The third-order valence-electron chi connectivity index (χ3n) is 17.9. The highest BCUT2D eigenvalue weighted by atomic mass is 19.1. The fraction of sp³-hybridized carbons (Fsp3) is 0.526. The van der Waals surface area contributed by atoms with Crippen LogP contribution in [0.5, 0.6) is 0 Å². The van der Waals surface area contributed by atoms with E-state index < -0.39 is 11.2 Å². The van der Waals surface area contributed by atoms with E-state index in [1.165, 1.54) is 25.5 Å². The number of anilines is 4. The summed E-state index contributed by atoms with van der Waals surface area (Å²) < 4.78 is 17.1. The number of hydrogen-bond acceptors (Lipinski definition) is 12. The normalized spacial score (nSPS) is 23.7. The summed E-state index contributed by atoms with van der Waals surface area (Å²) in [6.45, 7) is 9.86. The maximum absolute atomic E-state index is 15.3. The molecule has 0 bridgehead atoms. The number of amides is 5. The third kappa shape index (κ3) is 9.09. The SMILES string of the molecule is CC(C)n1cnc2cc(-c3ccc4c(c3)N(C3CC(N5CCCCC5)C3)C(=O)C43CCN(C(=O)C4CCN(C(=O)C5CCN(c6ccc(C7CCC(=O)NC7=O)cn6)CC5)CC4)CC3)nc(Nc3ccncc3F)c21. The number of imidazole rings is 1. The first-order chi connectivity index (χ1) is 36.4. The Hall–Kier alpha value is -6.82. The predicted octanol–water partition coefficient (Wildman–Crippen LogP) is 7.25. The molecule has 6 aliphatic heterocycles. The lowest BCUT2D eigenvalue weighted by Crippen LogP contribution is -2.58. The van der Waals surface area contributed by atoms with Crippen LogP contribution < -0.4 is 20.4 Å². The van der Waals surface area contributed by atoms with E-state index in [1.807, 2.05) is 32.6 Å². The minimum Gasteiger partial charge on any atom is -0.357 e. The number of carbonyl (C=O) groups excluding carboxylic acids is 5. The van der Waals surface area contributed by atoms with Gasteiger partial charge in [0.15, 0.2) is 11.6 Å². The molecule has 6 fully saturated rings. The van der Waals surface area contributed by atoms with Crippen molar-refractivity contribution >= 4 is 63.6 Å². The van der Waals surface area contributed by atoms with Crippen molar-refractivity contribution in [3.05, 3.63) is 84.3 Å². The predicted molar refractivity (Wildman–Crippen MR) is 282 cm³/mol. The molecular weight excluding hydrogens is 952 g/mol. The van der Waals surface area contributed by atoms with Gasteiger partial charge in [0, 0.05) is 99.3 Å². The van der Waals surface area contributed by atoms with Crippen LogP contribution in [0.4, 0.5) is 27.4 Å². The van der Waals surface area contributed by atoms with E-state index in [4.69, 9.17) is 9.97 Å². The maximum Gasteiger partial charge on any atom is 0.238 e. The summed E-state index contributed by atoms with van der Waals surface area (Å²) in [6, 6.07) is 14.3. The van der Waals surface area contributed by atoms with E-state index in [9.17, 15) is 19.2 Å². The fourth-order valence-corrected chi connectivity index (χ4v) is 13.4. The van der Waals surface area contributed by atoms with Crippen LogP contribution in [-0.2, 0) is 29.4 Å². The third-order valence-corrected chi connectivity index (χ3v) is 17.9. The van der Waals surface area contributed by atoms with Gasteiger partial charge in [0.2, 0.25) is 29.5 Å². The first kappa shape index (κ1) is 49.1. The van der Waals surface area contributed by atoms with E-state index in [0.717, 1.165) is 78.0 Å². The Morgan fingerprint density at radius 3 is 2.19 bits per heavy atom. The number of carbonyl (C=O) groups is 5.